The van der Waals surface area contributed by atoms with Crippen LogP contribution >= 0.6 is 22.9 Å². The molecule has 2 amide bonds. The van der Waals surface area contributed by atoms with Crippen LogP contribution in [0.2, 0.25) is 9.73 Å². The number of fused-ring (bicyclic) bond motifs is 1. The molecule has 0 radical (unpaired) electrons. The van der Waals surface area contributed by atoms with Gasteiger partial charge in [-0.3, -0.25) is 0 Å². The second kappa shape index (κ2) is 11.0. The standard InChI is InChI=1S/C26H33AsClN3O5S/c1-14(2)20-10-29-24(37-20)27-21(26(3,4)5)22(32)31-12-16(9-19(31)23(33)34)36-25(35)30-11-15-7-6-8-18(28)17(15)13-30/h6-8,10,14,16,19,21,27H,9,11-13H2,1-5H3,(H,33,34)/t16-,19+,21-/m1/s1. The molecule has 37 heavy (non-hydrogen) atoms. The van der Waals surface area contributed by atoms with Gasteiger partial charge in [-0.15, -0.1) is 0 Å². The first-order chi connectivity index (χ1) is 17.3. The van der Waals surface area contributed by atoms with Gasteiger partial charge in [0.15, 0.2) is 0 Å². The first kappa shape index (κ1) is 27.9. The number of halogens is 1. The Morgan fingerprint density at radius 2 is 1.97 bits per heavy atom. The topological polar surface area (TPSA) is 100 Å². The molecule has 2 aliphatic heterocycles. The van der Waals surface area contributed by atoms with E-state index < -0.39 is 40.0 Å². The molecule has 1 aromatic heterocycles. The van der Waals surface area contributed by atoms with Gasteiger partial charge in [-0.05, 0) is 0 Å². The van der Waals surface area contributed by atoms with Crippen LogP contribution in [-0.2, 0) is 27.4 Å². The number of aromatic nitrogens is 1. The number of hydrogen-bond acceptors (Lipinski definition) is 6. The van der Waals surface area contributed by atoms with Crippen molar-refractivity contribution in [1.29, 1.82) is 0 Å². The quantitative estimate of drug-likeness (QED) is 0.497. The number of rotatable bonds is 6. The molecule has 11 heteroatoms. The van der Waals surface area contributed by atoms with Gasteiger partial charge < -0.3 is 0 Å². The Labute approximate surface area is 233 Å². The minimum absolute atomic E-state index is 0.0664. The molecule has 200 valence electrons. The fourth-order valence-electron chi connectivity index (χ4n) is 4.65. The van der Waals surface area contributed by atoms with Gasteiger partial charge in [-0.2, -0.15) is 0 Å². The molecular formula is C26H33AsClN3O5S. The number of carbonyl (C=O) groups is 3. The second-order valence-electron chi connectivity index (χ2n) is 11.0. The SMILES string of the molecule is CC(C)c1cnc([AsH][C@H](C(=O)N2C[C@H](OC(=O)N3Cc4cccc(Cl)c4C3)C[C@H]2C(=O)O)C(C)(C)C)s1. The molecule has 8 nitrogen and oxygen atoms in total. The summed E-state index contributed by atoms with van der Waals surface area (Å²) < 4.78 is 6.37. The number of benzene rings is 1. The molecule has 4 rings (SSSR count). The van der Waals surface area contributed by atoms with Crippen molar-refractivity contribution >= 4 is 60.5 Å². The Bertz CT molecular complexity index is 1200. The van der Waals surface area contributed by atoms with Crippen molar-refractivity contribution in [1.82, 2.24) is 14.8 Å². The summed E-state index contributed by atoms with van der Waals surface area (Å²) in [6.07, 6.45) is 0.735. The van der Waals surface area contributed by atoms with Gasteiger partial charge in [0.1, 0.15) is 0 Å². The van der Waals surface area contributed by atoms with E-state index >= 15 is 0 Å². The van der Waals surface area contributed by atoms with E-state index in [0.29, 0.717) is 24.0 Å². The van der Waals surface area contributed by atoms with E-state index in [1.165, 1.54) is 9.78 Å². The number of hydrogen-bond donors (Lipinski definition) is 1. The summed E-state index contributed by atoms with van der Waals surface area (Å²) in [5.41, 5.74) is 1.50. The van der Waals surface area contributed by atoms with Crippen molar-refractivity contribution in [2.75, 3.05) is 6.54 Å². The van der Waals surface area contributed by atoms with Gasteiger partial charge in [0.2, 0.25) is 0 Å². The summed E-state index contributed by atoms with van der Waals surface area (Å²) in [7, 11) is 0. The van der Waals surface area contributed by atoms with Crippen molar-refractivity contribution in [2.45, 2.75) is 76.9 Å². The van der Waals surface area contributed by atoms with E-state index in [-0.39, 0.29) is 29.0 Å². The molecule has 1 saturated heterocycles. The number of amides is 2. The van der Waals surface area contributed by atoms with Gasteiger partial charge in [-0.25, -0.2) is 0 Å². The summed E-state index contributed by atoms with van der Waals surface area (Å²) >= 11 is 6.94. The fourth-order valence-corrected chi connectivity index (χ4v) is 9.68. The first-order valence-electron chi connectivity index (χ1n) is 12.3. The monoisotopic (exact) mass is 609 g/mol. The van der Waals surface area contributed by atoms with Crippen LogP contribution in [0.5, 0.6) is 0 Å². The van der Waals surface area contributed by atoms with Crippen LogP contribution in [0, 0.1) is 5.41 Å². The number of aliphatic carboxylic acids is 1. The van der Waals surface area contributed by atoms with Gasteiger partial charge in [0, 0.05) is 0 Å². The molecule has 3 heterocycles. The van der Waals surface area contributed by atoms with E-state index in [1.54, 1.807) is 22.3 Å². The van der Waals surface area contributed by atoms with Crippen LogP contribution in [0.25, 0.3) is 0 Å². The number of carbonyl (C=O) groups excluding carboxylic acids is 2. The summed E-state index contributed by atoms with van der Waals surface area (Å²) in [5.74, 6) is -0.914. The number of carboxylic acid groups (broad SMARTS) is 1. The fraction of sp³-hybridized carbons (Fsp3) is 0.538. The van der Waals surface area contributed by atoms with Crippen LogP contribution in [0.1, 0.15) is 63.0 Å². The van der Waals surface area contributed by atoms with Crippen LogP contribution in [-0.4, -0.2) is 72.3 Å². The molecule has 0 spiro atoms. The van der Waals surface area contributed by atoms with Crippen LogP contribution < -0.4 is 3.80 Å². The molecule has 2 aromatic rings. The molecule has 1 N–H and O–H groups in total. The maximum atomic E-state index is 13.8. The van der Waals surface area contributed by atoms with Gasteiger partial charge >= 0.3 is 234 Å². The molecule has 2 aliphatic rings. The van der Waals surface area contributed by atoms with Crippen molar-refractivity contribution in [2.24, 2.45) is 5.41 Å². The summed E-state index contributed by atoms with van der Waals surface area (Å²) in [4.78, 5) is 47.6. The zero-order valence-electron chi connectivity index (χ0n) is 21.7. The average Bonchev–Trinajstić information content (AvgIpc) is 3.54. The third-order valence-electron chi connectivity index (χ3n) is 6.76. The number of nitrogens with zero attached hydrogens (tertiary/aromatic N) is 3. The zero-order chi connectivity index (χ0) is 27.1. The molecule has 0 saturated carbocycles. The number of ether oxygens (including phenoxy) is 1. The van der Waals surface area contributed by atoms with E-state index in [9.17, 15) is 19.5 Å². The first-order valence-corrected chi connectivity index (χ1v) is 15.8. The molecule has 4 atom stereocenters. The van der Waals surface area contributed by atoms with E-state index in [0.717, 1.165) is 14.9 Å². The number of carboxylic acids is 1. The Balaban J connectivity index is 1.46. The molecule has 1 fully saturated rings. The zero-order valence-corrected chi connectivity index (χ0v) is 25.3. The van der Waals surface area contributed by atoms with Crippen molar-refractivity contribution in [3.63, 3.8) is 0 Å². The molecule has 0 bridgehead atoms. The Morgan fingerprint density at radius 3 is 2.57 bits per heavy atom. The van der Waals surface area contributed by atoms with Gasteiger partial charge in [-0.1, -0.05) is 0 Å². The van der Waals surface area contributed by atoms with Crippen LogP contribution in [0.4, 0.5) is 4.79 Å². The van der Waals surface area contributed by atoms with E-state index in [1.807, 2.05) is 39.1 Å². The summed E-state index contributed by atoms with van der Waals surface area (Å²) in [6.45, 7) is 11.0. The predicted octanol–water partition coefficient (Wildman–Crippen LogP) is 4.02. The second-order valence-corrected chi connectivity index (χ2v) is 16.0. The van der Waals surface area contributed by atoms with Crippen molar-refractivity contribution in [3.05, 3.63) is 45.4 Å². The number of likely N-dealkylation sites (tertiary alicyclic amines) is 1. The number of thiazole rings is 1. The summed E-state index contributed by atoms with van der Waals surface area (Å²) in [5, 5.41) is 10.5. The Hall–Kier alpha value is -2.09. The molecule has 1 aromatic carbocycles. The molecule has 1 unspecified atom stereocenters. The van der Waals surface area contributed by atoms with Crippen molar-refractivity contribution < 1.29 is 24.2 Å². The molecule has 0 aliphatic carbocycles. The van der Waals surface area contributed by atoms with Crippen LogP contribution in [0.3, 0.4) is 0 Å². The van der Waals surface area contributed by atoms with Crippen molar-refractivity contribution in [3.8, 4) is 0 Å². The van der Waals surface area contributed by atoms with Gasteiger partial charge in [0.25, 0.3) is 0 Å². The normalized spacial score (nSPS) is 20.6. The third kappa shape index (κ3) is 6.15. The minimum atomic E-state index is -1.09. The van der Waals surface area contributed by atoms with E-state index in [2.05, 4.69) is 18.8 Å². The van der Waals surface area contributed by atoms with Gasteiger partial charge in [0.05, 0.1) is 0 Å². The van der Waals surface area contributed by atoms with E-state index in [4.69, 9.17) is 16.3 Å². The third-order valence-corrected chi connectivity index (χ3v) is 13.2. The Morgan fingerprint density at radius 1 is 1.24 bits per heavy atom. The molecular weight excluding hydrogens is 577 g/mol. The van der Waals surface area contributed by atoms with Crippen LogP contribution in [0.15, 0.2) is 24.4 Å². The predicted molar refractivity (Wildman–Crippen MR) is 145 cm³/mol. The average molecular weight is 610 g/mol. The summed E-state index contributed by atoms with van der Waals surface area (Å²) in [6, 6.07) is 4.53. The Kier molecular flexibility index (Phi) is 8.27. The maximum absolute atomic E-state index is 13.8.